The SMILES string of the molecule is Cc1cc(C)cc(-c2ncn(/C=C(/C(=O)OC(C)C)c3cccnc3)n2)c1. The van der Waals surface area contributed by atoms with Crippen molar-refractivity contribution in [3.63, 3.8) is 0 Å². The highest BCUT2D eigenvalue weighted by molar-refractivity contribution is 6.20. The second kappa shape index (κ2) is 7.95. The number of hydrogen-bond donors (Lipinski definition) is 0. The summed E-state index contributed by atoms with van der Waals surface area (Å²) in [5, 5.41) is 4.49. The van der Waals surface area contributed by atoms with E-state index in [0.29, 0.717) is 17.0 Å². The van der Waals surface area contributed by atoms with Crippen molar-refractivity contribution in [2.24, 2.45) is 0 Å². The molecule has 6 heteroatoms. The number of rotatable bonds is 5. The predicted octanol–water partition coefficient (Wildman–Crippen LogP) is 3.91. The van der Waals surface area contributed by atoms with Crippen LogP contribution in [0.2, 0.25) is 0 Å². The Bertz CT molecular complexity index is 955. The summed E-state index contributed by atoms with van der Waals surface area (Å²) in [7, 11) is 0. The molecule has 0 fully saturated rings. The summed E-state index contributed by atoms with van der Waals surface area (Å²) in [4.78, 5) is 21.0. The highest BCUT2D eigenvalue weighted by Gasteiger charge is 2.16. The Morgan fingerprint density at radius 1 is 1.19 bits per heavy atom. The van der Waals surface area contributed by atoms with E-state index in [1.807, 2.05) is 45.9 Å². The molecule has 0 N–H and O–H groups in total. The number of aromatic nitrogens is 4. The van der Waals surface area contributed by atoms with Crippen LogP contribution >= 0.6 is 0 Å². The van der Waals surface area contributed by atoms with Gasteiger partial charge in [0.25, 0.3) is 0 Å². The number of esters is 1. The normalized spacial score (nSPS) is 11.7. The molecule has 6 nitrogen and oxygen atoms in total. The van der Waals surface area contributed by atoms with Gasteiger partial charge in [0, 0.05) is 29.7 Å². The summed E-state index contributed by atoms with van der Waals surface area (Å²) >= 11 is 0. The Labute approximate surface area is 158 Å². The summed E-state index contributed by atoms with van der Waals surface area (Å²) in [5.41, 5.74) is 4.26. The maximum atomic E-state index is 12.5. The minimum absolute atomic E-state index is 0.223. The Balaban J connectivity index is 1.98. The third-order valence-corrected chi connectivity index (χ3v) is 3.78. The molecule has 0 saturated carbocycles. The summed E-state index contributed by atoms with van der Waals surface area (Å²) in [6, 6.07) is 9.75. The molecular formula is C21H22N4O2. The van der Waals surface area contributed by atoms with Gasteiger partial charge in [0.15, 0.2) is 5.82 Å². The Morgan fingerprint density at radius 3 is 2.56 bits per heavy atom. The molecule has 138 valence electrons. The van der Waals surface area contributed by atoms with Crippen molar-refractivity contribution in [2.45, 2.75) is 33.8 Å². The lowest BCUT2D eigenvalue weighted by molar-refractivity contribution is -0.140. The first-order valence-corrected chi connectivity index (χ1v) is 8.75. The van der Waals surface area contributed by atoms with Crippen LogP contribution in [0.1, 0.15) is 30.5 Å². The highest BCUT2D eigenvalue weighted by Crippen LogP contribution is 2.20. The van der Waals surface area contributed by atoms with E-state index in [-0.39, 0.29) is 6.10 Å². The molecule has 0 aliphatic heterocycles. The molecule has 0 unspecified atom stereocenters. The maximum Gasteiger partial charge on any atom is 0.340 e. The van der Waals surface area contributed by atoms with Crippen LogP contribution in [0, 0.1) is 13.8 Å². The molecule has 0 atom stereocenters. The fraction of sp³-hybridized carbons (Fsp3) is 0.238. The summed E-state index contributed by atoms with van der Waals surface area (Å²) in [6.07, 6.45) is 6.24. The molecule has 0 radical (unpaired) electrons. The van der Waals surface area contributed by atoms with Crippen molar-refractivity contribution in [2.75, 3.05) is 0 Å². The number of nitrogens with zero attached hydrogens (tertiary/aromatic N) is 4. The van der Waals surface area contributed by atoms with Crippen molar-refractivity contribution in [1.29, 1.82) is 0 Å². The lowest BCUT2D eigenvalue weighted by atomic mass is 10.1. The van der Waals surface area contributed by atoms with Crippen LogP contribution in [0.4, 0.5) is 0 Å². The van der Waals surface area contributed by atoms with E-state index in [9.17, 15) is 4.79 Å². The van der Waals surface area contributed by atoms with Gasteiger partial charge in [-0.3, -0.25) is 4.98 Å². The largest absolute Gasteiger partial charge is 0.459 e. The van der Waals surface area contributed by atoms with Gasteiger partial charge in [-0.05, 0) is 45.9 Å². The zero-order chi connectivity index (χ0) is 19.4. The molecule has 0 amide bonds. The van der Waals surface area contributed by atoms with Gasteiger partial charge in [-0.1, -0.05) is 23.3 Å². The third kappa shape index (κ3) is 4.67. The average Bonchev–Trinajstić information content (AvgIpc) is 3.08. The van der Waals surface area contributed by atoms with Crippen molar-refractivity contribution in [1.82, 2.24) is 19.7 Å². The molecule has 27 heavy (non-hydrogen) atoms. The fourth-order valence-corrected chi connectivity index (χ4v) is 2.75. The summed E-state index contributed by atoms with van der Waals surface area (Å²) in [5.74, 6) is 0.169. The van der Waals surface area contributed by atoms with Crippen LogP contribution in [0.25, 0.3) is 23.2 Å². The number of carbonyl (C=O) groups excluding carboxylic acids is 1. The quantitative estimate of drug-likeness (QED) is 0.508. The van der Waals surface area contributed by atoms with Gasteiger partial charge >= 0.3 is 5.97 Å². The Morgan fingerprint density at radius 2 is 1.93 bits per heavy atom. The van der Waals surface area contributed by atoms with E-state index in [1.54, 1.807) is 31.0 Å². The van der Waals surface area contributed by atoms with E-state index in [4.69, 9.17) is 4.74 Å². The summed E-state index contributed by atoms with van der Waals surface area (Å²) < 4.78 is 6.89. The lowest BCUT2D eigenvalue weighted by Gasteiger charge is -2.10. The topological polar surface area (TPSA) is 69.9 Å². The van der Waals surface area contributed by atoms with Gasteiger partial charge in [-0.25, -0.2) is 14.5 Å². The standard InChI is InChI=1S/C21H22N4O2/c1-14(2)27-21(26)19(17-6-5-7-22-11-17)12-25-13-23-20(24-25)18-9-15(3)8-16(4)10-18/h5-14H,1-4H3/b19-12+. The van der Waals surface area contributed by atoms with Crippen molar-refractivity contribution in [3.8, 4) is 11.4 Å². The van der Waals surface area contributed by atoms with E-state index < -0.39 is 5.97 Å². The van der Waals surface area contributed by atoms with Crippen LogP contribution in [0.15, 0.2) is 49.1 Å². The molecule has 0 aliphatic rings. The lowest BCUT2D eigenvalue weighted by Crippen LogP contribution is -2.13. The second-order valence-corrected chi connectivity index (χ2v) is 6.66. The van der Waals surface area contributed by atoms with Gasteiger partial charge in [-0.2, -0.15) is 0 Å². The molecule has 2 heterocycles. The Hall–Kier alpha value is -3.28. The zero-order valence-electron chi connectivity index (χ0n) is 15.9. The minimum Gasteiger partial charge on any atom is -0.459 e. The molecule has 0 aliphatic carbocycles. The molecule has 0 saturated heterocycles. The highest BCUT2D eigenvalue weighted by atomic mass is 16.5. The number of aryl methyl sites for hydroxylation is 2. The van der Waals surface area contributed by atoms with Crippen molar-refractivity contribution < 1.29 is 9.53 Å². The molecule has 3 aromatic rings. The van der Waals surface area contributed by atoms with E-state index in [2.05, 4.69) is 21.1 Å². The molecule has 1 aromatic carbocycles. The van der Waals surface area contributed by atoms with Crippen LogP contribution in [-0.4, -0.2) is 31.8 Å². The van der Waals surface area contributed by atoms with E-state index in [1.165, 1.54) is 4.68 Å². The Kier molecular flexibility index (Phi) is 5.45. The van der Waals surface area contributed by atoms with Crippen LogP contribution in [-0.2, 0) is 9.53 Å². The molecule has 0 bridgehead atoms. The summed E-state index contributed by atoms with van der Waals surface area (Å²) in [6.45, 7) is 7.70. The number of carbonyl (C=O) groups is 1. The monoisotopic (exact) mass is 362 g/mol. The number of hydrogen-bond acceptors (Lipinski definition) is 5. The van der Waals surface area contributed by atoms with Crippen LogP contribution < -0.4 is 0 Å². The van der Waals surface area contributed by atoms with Gasteiger partial charge in [0.2, 0.25) is 0 Å². The predicted molar refractivity (Wildman–Crippen MR) is 105 cm³/mol. The van der Waals surface area contributed by atoms with E-state index in [0.717, 1.165) is 16.7 Å². The van der Waals surface area contributed by atoms with Crippen LogP contribution in [0.3, 0.4) is 0 Å². The first-order chi connectivity index (χ1) is 12.9. The average molecular weight is 362 g/mol. The number of benzene rings is 1. The third-order valence-electron chi connectivity index (χ3n) is 3.78. The van der Waals surface area contributed by atoms with E-state index >= 15 is 0 Å². The molecule has 3 rings (SSSR count). The van der Waals surface area contributed by atoms with Crippen LogP contribution in [0.5, 0.6) is 0 Å². The number of ether oxygens (including phenoxy) is 1. The van der Waals surface area contributed by atoms with Crippen molar-refractivity contribution in [3.05, 3.63) is 65.7 Å². The molecule has 2 aromatic heterocycles. The minimum atomic E-state index is -0.429. The van der Waals surface area contributed by atoms with Gasteiger partial charge in [0.05, 0.1) is 11.7 Å². The molecular weight excluding hydrogens is 340 g/mol. The van der Waals surface area contributed by atoms with Crippen molar-refractivity contribution >= 4 is 17.7 Å². The first kappa shape index (κ1) is 18.5. The van der Waals surface area contributed by atoms with Gasteiger partial charge in [0.1, 0.15) is 6.33 Å². The number of pyridine rings is 1. The fourth-order valence-electron chi connectivity index (χ4n) is 2.75. The zero-order valence-corrected chi connectivity index (χ0v) is 15.9. The molecule has 0 spiro atoms. The first-order valence-electron chi connectivity index (χ1n) is 8.75. The van der Waals surface area contributed by atoms with Gasteiger partial charge in [-0.15, -0.1) is 5.10 Å². The maximum absolute atomic E-state index is 12.5. The smallest absolute Gasteiger partial charge is 0.340 e. The second-order valence-electron chi connectivity index (χ2n) is 6.66. The van der Waals surface area contributed by atoms with Gasteiger partial charge < -0.3 is 4.74 Å².